The van der Waals surface area contributed by atoms with Crippen molar-refractivity contribution in [1.29, 1.82) is 0 Å². The number of carbonyl (C=O) groups excluding carboxylic acids is 1. The highest BCUT2D eigenvalue weighted by Gasteiger charge is 2.20. The van der Waals surface area contributed by atoms with E-state index in [1.54, 1.807) is 17.9 Å². The van der Waals surface area contributed by atoms with Gasteiger partial charge in [-0.2, -0.15) is 0 Å². The third-order valence-electron chi connectivity index (χ3n) is 2.64. The summed E-state index contributed by atoms with van der Waals surface area (Å²) in [6, 6.07) is 9.43. The quantitative estimate of drug-likeness (QED) is 0.797. The van der Waals surface area contributed by atoms with E-state index < -0.39 is 6.10 Å². The summed E-state index contributed by atoms with van der Waals surface area (Å²) in [4.78, 5) is 12.2. The van der Waals surface area contributed by atoms with Crippen molar-refractivity contribution in [2.24, 2.45) is 7.05 Å². The van der Waals surface area contributed by atoms with E-state index >= 15 is 0 Å². The molecule has 5 heteroatoms. The normalized spacial score (nSPS) is 12.3. The molecular formula is C13H15N3O2. The van der Waals surface area contributed by atoms with E-state index in [2.05, 4.69) is 10.3 Å². The maximum Gasteiger partial charge on any atom is 0.172 e. The molecule has 0 bridgehead atoms. The number of hydrogen-bond donors (Lipinski definition) is 0. The van der Waals surface area contributed by atoms with Crippen molar-refractivity contribution in [3.05, 3.63) is 47.8 Å². The van der Waals surface area contributed by atoms with Crippen molar-refractivity contribution < 1.29 is 9.53 Å². The Hall–Kier alpha value is -2.01. The fourth-order valence-corrected chi connectivity index (χ4v) is 1.83. The molecule has 0 saturated carbocycles. The Morgan fingerprint density at radius 2 is 2.11 bits per heavy atom. The number of ether oxygens (including phenoxy) is 1. The first kappa shape index (κ1) is 12.4. The van der Waals surface area contributed by atoms with Gasteiger partial charge in [0.2, 0.25) is 0 Å². The van der Waals surface area contributed by atoms with Gasteiger partial charge in [-0.3, -0.25) is 9.48 Å². The summed E-state index contributed by atoms with van der Waals surface area (Å²) >= 11 is 0. The minimum atomic E-state index is -0.548. The van der Waals surface area contributed by atoms with Gasteiger partial charge in [-0.05, 0) is 5.56 Å². The van der Waals surface area contributed by atoms with Crippen LogP contribution in [0.15, 0.2) is 36.5 Å². The monoisotopic (exact) mass is 245 g/mol. The Labute approximate surface area is 105 Å². The molecule has 0 saturated heterocycles. The topological polar surface area (TPSA) is 57.0 Å². The van der Waals surface area contributed by atoms with Gasteiger partial charge in [0, 0.05) is 20.4 Å². The van der Waals surface area contributed by atoms with Crippen LogP contribution in [0.3, 0.4) is 0 Å². The molecule has 0 fully saturated rings. The van der Waals surface area contributed by atoms with E-state index in [4.69, 9.17) is 4.74 Å². The van der Waals surface area contributed by atoms with Crippen molar-refractivity contribution in [3.8, 4) is 0 Å². The molecule has 0 aliphatic rings. The second-order valence-corrected chi connectivity index (χ2v) is 4.05. The molecule has 0 N–H and O–H groups in total. The molecule has 1 aromatic heterocycles. The molecule has 1 aromatic carbocycles. The molecule has 0 aliphatic carbocycles. The van der Waals surface area contributed by atoms with E-state index in [9.17, 15) is 4.79 Å². The van der Waals surface area contributed by atoms with Gasteiger partial charge in [-0.25, -0.2) is 0 Å². The molecule has 2 rings (SSSR count). The average Bonchev–Trinajstić information content (AvgIpc) is 2.77. The zero-order valence-electron chi connectivity index (χ0n) is 10.4. The second-order valence-electron chi connectivity index (χ2n) is 4.05. The van der Waals surface area contributed by atoms with E-state index in [1.807, 2.05) is 30.3 Å². The van der Waals surface area contributed by atoms with Gasteiger partial charge >= 0.3 is 0 Å². The number of hydrogen-bond acceptors (Lipinski definition) is 4. The Balaban J connectivity index is 2.11. The van der Waals surface area contributed by atoms with E-state index in [0.717, 1.165) is 5.56 Å². The number of benzene rings is 1. The third-order valence-corrected chi connectivity index (χ3v) is 2.64. The largest absolute Gasteiger partial charge is 0.369 e. The Morgan fingerprint density at radius 3 is 2.67 bits per heavy atom. The maximum absolute atomic E-state index is 12.2. The number of rotatable bonds is 5. The summed E-state index contributed by atoms with van der Waals surface area (Å²) in [7, 11) is 3.30. The molecule has 18 heavy (non-hydrogen) atoms. The Bertz CT molecular complexity index is 522. The minimum Gasteiger partial charge on any atom is -0.369 e. The number of aryl methyl sites for hydroxylation is 1. The highest BCUT2D eigenvalue weighted by Crippen LogP contribution is 2.18. The van der Waals surface area contributed by atoms with Crippen LogP contribution in [0.25, 0.3) is 0 Å². The number of Topliss-reactive ketones (excluding diaryl/α,β-unsaturated/α-hetero) is 1. The molecule has 0 aliphatic heterocycles. The van der Waals surface area contributed by atoms with Crippen LogP contribution >= 0.6 is 0 Å². The molecule has 1 heterocycles. The molecule has 1 atom stereocenters. The van der Waals surface area contributed by atoms with Gasteiger partial charge in [0.15, 0.2) is 5.78 Å². The number of aromatic nitrogens is 3. The van der Waals surface area contributed by atoms with Gasteiger partial charge < -0.3 is 4.74 Å². The van der Waals surface area contributed by atoms with Crippen molar-refractivity contribution in [3.63, 3.8) is 0 Å². The van der Waals surface area contributed by atoms with Crippen LogP contribution in [0.4, 0.5) is 0 Å². The molecule has 0 radical (unpaired) electrons. The fourth-order valence-electron chi connectivity index (χ4n) is 1.83. The van der Waals surface area contributed by atoms with Crippen LogP contribution < -0.4 is 0 Å². The van der Waals surface area contributed by atoms with Gasteiger partial charge in [0.1, 0.15) is 6.10 Å². The lowest BCUT2D eigenvalue weighted by molar-refractivity contribution is -0.128. The average molecular weight is 245 g/mol. The molecule has 0 amide bonds. The smallest absolute Gasteiger partial charge is 0.172 e. The van der Waals surface area contributed by atoms with E-state index in [1.165, 1.54) is 7.11 Å². The first-order chi connectivity index (χ1) is 8.70. The van der Waals surface area contributed by atoms with Crippen molar-refractivity contribution >= 4 is 5.78 Å². The standard InChI is InChI=1S/C13H15N3O2/c1-16-9-11(14-15-16)8-12(17)13(18-2)10-6-4-3-5-7-10/h3-7,9,13H,8H2,1-2H3. The van der Waals surface area contributed by atoms with Gasteiger partial charge in [0.05, 0.1) is 12.1 Å². The van der Waals surface area contributed by atoms with Crippen molar-refractivity contribution in [2.75, 3.05) is 7.11 Å². The van der Waals surface area contributed by atoms with Crippen LogP contribution in [-0.4, -0.2) is 27.9 Å². The second kappa shape index (κ2) is 5.55. The van der Waals surface area contributed by atoms with Crippen LogP contribution in [-0.2, 0) is 23.0 Å². The van der Waals surface area contributed by atoms with E-state index in [0.29, 0.717) is 5.69 Å². The van der Waals surface area contributed by atoms with Gasteiger partial charge in [-0.15, -0.1) is 5.10 Å². The lowest BCUT2D eigenvalue weighted by atomic mass is 10.0. The number of carbonyl (C=O) groups is 1. The van der Waals surface area contributed by atoms with E-state index in [-0.39, 0.29) is 12.2 Å². The summed E-state index contributed by atoms with van der Waals surface area (Å²) in [5.74, 6) is -0.0239. The molecule has 0 spiro atoms. The third kappa shape index (κ3) is 2.81. The minimum absolute atomic E-state index is 0.0239. The lowest BCUT2D eigenvalue weighted by Gasteiger charge is -2.13. The summed E-state index contributed by atoms with van der Waals surface area (Å²) in [5, 5.41) is 7.70. The highest BCUT2D eigenvalue weighted by molar-refractivity contribution is 5.86. The fraction of sp³-hybridized carbons (Fsp3) is 0.308. The molecule has 94 valence electrons. The SMILES string of the molecule is COC(C(=O)Cc1cn(C)nn1)c1ccccc1. The predicted molar refractivity (Wildman–Crippen MR) is 65.9 cm³/mol. The highest BCUT2D eigenvalue weighted by atomic mass is 16.5. The summed E-state index contributed by atoms with van der Waals surface area (Å²) in [6.07, 6.45) is 1.41. The summed E-state index contributed by atoms with van der Waals surface area (Å²) in [5.41, 5.74) is 1.51. The number of methoxy groups -OCH3 is 1. The molecule has 1 unspecified atom stereocenters. The first-order valence-electron chi connectivity index (χ1n) is 5.66. The Morgan fingerprint density at radius 1 is 1.39 bits per heavy atom. The van der Waals surface area contributed by atoms with Crippen molar-refractivity contribution in [2.45, 2.75) is 12.5 Å². The number of ketones is 1. The molecule has 2 aromatic rings. The Kier molecular flexibility index (Phi) is 3.84. The van der Waals surface area contributed by atoms with Crippen LogP contribution in [0, 0.1) is 0 Å². The van der Waals surface area contributed by atoms with Gasteiger partial charge in [0.25, 0.3) is 0 Å². The maximum atomic E-state index is 12.2. The van der Waals surface area contributed by atoms with Crippen LogP contribution in [0.1, 0.15) is 17.4 Å². The molecule has 5 nitrogen and oxygen atoms in total. The summed E-state index contributed by atoms with van der Waals surface area (Å²) in [6.45, 7) is 0. The van der Waals surface area contributed by atoms with Gasteiger partial charge in [-0.1, -0.05) is 35.5 Å². The summed E-state index contributed by atoms with van der Waals surface area (Å²) < 4.78 is 6.85. The number of nitrogens with zero attached hydrogens (tertiary/aromatic N) is 3. The first-order valence-corrected chi connectivity index (χ1v) is 5.66. The van der Waals surface area contributed by atoms with Crippen molar-refractivity contribution in [1.82, 2.24) is 15.0 Å². The molecular weight excluding hydrogens is 230 g/mol. The lowest BCUT2D eigenvalue weighted by Crippen LogP contribution is -2.17. The zero-order valence-corrected chi connectivity index (χ0v) is 10.4. The van der Waals surface area contributed by atoms with Crippen LogP contribution in [0.2, 0.25) is 0 Å². The zero-order chi connectivity index (χ0) is 13.0. The predicted octanol–water partition coefficient (Wildman–Crippen LogP) is 1.31. The van der Waals surface area contributed by atoms with Crippen LogP contribution in [0.5, 0.6) is 0 Å².